The van der Waals surface area contributed by atoms with Gasteiger partial charge in [-0.25, -0.2) is 4.79 Å². The van der Waals surface area contributed by atoms with Crippen LogP contribution in [0.3, 0.4) is 0 Å². The lowest BCUT2D eigenvalue weighted by molar-refractivity contribution is -0.159. The normalized spacial score (nSPS) is 23.9. The number of rotatable bonds is 7. The van der Waals surface area contributed by atoms with Gasteiger partial charge in [0.1, 0.15) is 12.7 Å². The van der Waals surface area contributed by atoms with E-state index in [0.29, 0.717) is 12.5 Å². The topological polar surface area (TPSA) is 67.9 Å². The molecule has 1 N–H and O–H groups in total. The van der Waals surface area contributed by atoms with Gasteiger partial charge in [0.25, 0.3) is 0 Å². The third-order valence-electron chi connectivity index (χ3n) is 6.34. The third-order valence-corrected chi connectivity index (χ3v) is 6.34. The van der Waals surface area contributed by atoms with Gasteiger partial charge in [0.15, 0.2) is 0 Å². The molecule has 2 aliphatic rings. The van der Waals surface area contributed by atoms with Gasteiger partial charge in [-0.3, -0.25) is 9.69 Å². The lowest BCUT2D eigenvalue weighted by atomic mass is 9.84. The largest absolute Gasteiger partial charge is 0.460 e. The smallest absolute Gasteiger partial charge is 0.407 e. The minimum atomic E-state index is -0.370. The highest BCUT2D eigenvalue weighted by atomic mass is 16.6. The van der Waals surface area contributed by atoms with Gasteiger partial charge in [-0.15, -0.1) is 0 Å². The molecule has 1 aliphatic carbocycles. The number of esters is 1. The standard InChI is InChI=1S/C26H32N2O4/c29-25-18-28(17-23(32-25)15-20-9-3-1-4-10-20)16-22-13-7-8-14-24(22)27-26(30)31-19-21-11-5-2-6-12-21/h1-6,9-12,22-24H,7-8,13-19H2,(H,27,30)/t22-,23-,24+/m0/s1. The van der Waals surface area contributed by atoms with E-state index in [4.69, 9.17) is 9.47 Å². The van der Waals surface area contributed by atoms with Gasteiger partial charge in [-0.2, -0.15) is 0 Å². The number of cyclic esters (lactones) is 1. The van der Waals surface area contributed by atoms with Gasteiger partial charge < -0.3 is 14.8 Å². The second kappa shape index (κ2) is 11.1. The summed E-state index contributed by atoms with van der Waals surface area (Å²) in [6.45, 7) is 2.09. The molecule has 0 bridgehead atoms. The number of amides is 1. The highest BCUT2D eigenvalue weighted by Gasteiger charge is 2.33. The number of ether oxygens (including phenoxy) is 2. The van der Waals surface area contributed by atoms with Crippen LogP contribution in [0.15, 0.2) is 60.7 Å². The van der Waals surface area contributed by atoms with Crippen LogP contribution in [0, 0.1) is 5.92 Å². The summed E-state index contributed by atoms with van der Waals surface area (Å²) in [5.74, 6) is 0.135. The Labute approximate surface area is 189 Å². The van der Waals surface area contributed by atoms with Gasteiger partial charge in [0.2, 0.25) is 0 Å². The molecule has 2 aromatic rings. The lowest BCUT2D eigenvalue weighted by Gasteiger charge is -2.38. The predicted octanol–water partition coefficient (Wildman–Crippen LogP) is 3.94. The Morgan fingerprint density at radius 1 is 1.00 bits per heavy atom. The summed E-state index contributed by atoms with van der Waals surface area (Å²) in [5, 5.41) is 3.09. The van der Waals surface area contributed by atoms with Gasteiger partial charge in [-0.1, -0.05) is 73.5 Å². The Hall–Kier alpha value is -2.86. The average Bonchev–Trinajstić information content (AvgIpc) is 2.80. The zero-order chi connectivity index (χ0) is 22.2. The molecule has 6 heteroatoms. The van der Waals surface area contributed by atoms with E-state index in [1.807, 2.05) is 48.5 Å². The van der Waals surface area contributed by atoms with Crippen molar-refractivity contribution in [2.24, 2.45) is 5.92 Å². The number of carbonyl (C=O) groups is 2. The quantitative estimate of drug-likeness (QED) is 0.666. The molecular weight excluding hydrogens is 404 g/mol. The van der Waals surface area contributed by atoms with Crippen LogP contribution < -0.4 is 5.32 Å². The monoisotopic (exact) mass is 436 g/mol. The summed E-state index contributed by atoms with van der Waals surface area (Å²) in [4.78, 5) is 26.8. The van der Waals surface area contributed by atoms with Crippen LogP contribution in [-0.2, 0) is 27.3 Å². The van der Waals surface area contributed by atoms with Crippen molar-refractivity contribution in [3.8, 4) is 0 Å². The second-order valence-electron chi connectivity index (χ2n) is 8.85. The van der Waals surface area contributed by atoms with Crippen LogP contribution in [0.25, 0.3) is 0 Å². The van der Waals surface area contributed by atoms with Crippen molar-refractivity contribution in [2.45, 2.75) is 50.9 Å². The maximum atomic E-state index is 12.4. The molecule has 4 rings (SSSR count). The first-order valence-electron chi connectivity index (χ1n) is 11.6. The van der Waals surface area contributed by atoms with Gasteiger partial charge in [0.05, 0.1) is 6.54 Å². The minimum absolute atomic E-state index is 0.0672. The van der Waals surface area contributed by atoms with E-state index < -0.39 is 0 Å². The Morgan fingerprint density at radius 3 is 2.44 bits per heavy atom. The number of alkyl carbamates (subject to hydrolysis) is 1. The SMILES string of the molecule is O=C1CN(C[C@@H]2CCCC[C@H]2NC(=O)OCc2ccccc2)C[C@H](Cc2ccccc2)O1. The fourth-order valence-corrected chi connectivity index (χ4v) is 4.78. The first-order chi connectivity index (χ1) is 15.7. The molecular formula is C26H32N2O4. The van der Waals surface area contributed by atoms with Gasteiger partial charge in [-0.05, 0) is 29.9 Å². The number of nitrogens with zero attached hydrogens (tertiary/aromatic N) is 1. The molecule has 170 valence electrons. The molecule has 1 amide bonds. The van der Waals surface area contributed by atoms with E-state index in [0.717, 1.165) is 50.8 Å². The molecule has 1 saturated carbocycles. The molecule has 0 radical (unpaired) electrons. The van der Waals surface area contributed by atoms with E-state index >= 15 is 0 Å². The molecule has 3 atom stereocenters. The summed E-state index contributed by atoms with van der Waals surface area (Å²) >= 11 is 0. The molecule has 1 aliphatic heterocycles. The van der Waals surface area contributed by atoms with E-state index in [2.05, 4.69) is 22.3 Å². The number of hydrogen-bond donors (Lipinski definition) is 1. The highest BCUT2D eigenvalue weighted by molar-refractivity contribution is 5.72. The van der Waals surface area contributed by atoms with Crippen molar-refractivity contribution >= 4 is 12.1 Å². The summed E-state index contributed by atoms with van der Waals surface area (Å²) in [6.07, 6.45) is 4.44. The number of morpholine rings is 1. The first-order valence-corrected chi connectivity index (χ1v) is 11.6. The summed E-state index contributed by atoms with van der Waals surface area (Å²) in [6, 6.07) is 19.9. The Kier molecular flexibility index (Phi) is 7.77. The van der Waals surface area contributed by atoms with E-state index in [1.54, 1.807) is 0 Å². The maximum Gasteiger partial charge on any atom is 0.407 e. The number of hydrogen-bond acceptors (Lipinski definition) is 5. The van der Waals surface area contributed by atoms with Crippen LogP contribution in [-0.4, -0.2) is 48.7 Å². The lowest BCUT2D eigenvalue weighted by Crippen LogP contribution is -2.51. The summed E-state index contributed by atoms with van der Waals surface area (Å²) < 4.78 is 11.0. The Bertz CT molecular complexity index is 874. The summed E-state index contributed by atoms with van der Waals surface area (Å²) in [5.41, 5.74) is 2.14. The van der Waals surface area contributed by atoms with Crippen molar-refractivity contribution < 1.29 is 19.1 Å². The van der Waals surface area contributed by atoms with Crippen LogP contribution in [0.1, 0.15) is 36.8 Å². The third kappa shape index (κ3) is 6.57. The van der Waals surface area contributed by atoms with Crippen LogP contribution >= 0.6 is 0 Å². The van der Waals surface area contributed by atoms with E-state index in [1.165, 1.54) is 5.56 Å². The van der Waals surface area contributed by atoms with Crippen LogP contribution in [0.2, 0.25) is 0 Å². The van der Waals surface area contributed by atoms with Crippen LogP contribution in [0.5, 0.6) is 0 Å². The molecule has 32 heavy (non-hydrogen) atoms. The number of carbonyl (C=O) groups excluding carboxylic acids is 2. The van der Waals surface area contributed by atoms with Crippen molar-refractivity contribution in [2.75, 3.05) is 19.6 Å². The van der Waals surface area contributed by atoms with Crippen LogP contribution in [0.4, 0.5) is 4.79 Å². The molecule has 0 unspecified atom stereocenters. The van der Waals surface area contributed by atoms with E-state index in [-0.39, 0.29) is 30.8 Å². The Balaban J connectivity index is 1.30. The molecule has 0 spiro atoms. The zero-order valence-corrected chi connectivity index (χ0v) is 18.4. The first kappa shape index (κ1) is 22.3. The second-order valence-corrected chi connectivity index (χ2v) is 8.85. The van der Waals surface area contributed by atoms with Gasteiger partial charge >= 0.3 is 12.1 Å². The predicted molar refractivity (Wildman–Crippen MR) is 122 cm³/mol. The van der Waals surface area contributed by atoms with E-state index in [9.17, 15) is 9.59 Å². The highest BCUT2D eigenvalue weighted by Crippen LogP contribution is 2.26. The molecule has 2 aromatic carbocycles. The maximum absolute atomic E-state index is 12.4. The van der Waals surface area contributed by atoms with Crippen molar-refractivity contribution in [3.05, 3.63) is 71.8 Å². The average molecular weight is 437 g/mol. The zero-order valence-electron chi connectivity index (χ0n) is 18.4. The fourth-order valence-electron chi connectivity index (χ4n) is 4.78. The number of nitrogens with one attached hydrogen (secondary N) is 1. The molecule has 0 aromatic heterocycles. The van der Waals surface area contributed by atoms with Crippen molar-refractivity contribution in [3.63, 3.8) is 0 Å². The number of benzene rings is 2. The minimum Gasteiger partial charge on any atom is -0.460 e. The molecule has 2 fully saturated rings. The molecule has 1 saturated heterocycles. The summed E-state index contributed by atoms with van der Waals surface area (Å²) in [7, 11) is 0. The van der Waals surface area contributed by atoms with Crippen molar-refractivity contribution in [1.29, 1.82) is 0 Å². The van der Waals surface area contributed by atoms with Gasteiger partial charge in [0, 0.05) is 25.6 Å². The van der Waals surface area contributed by atoms with Crippen molar-refractivity contribution in [1.82, 2.24) is 10.2 Å². The Morgan fingerprint density at radius 2 is 1.69 bits per heavy atom. The molecule has 6 nitrogen and oxygen atoms in total. The molecule has 1 heterocycles. The fraction of sp³-hybridized carbons (Fsp3) is 0.462.